The van der Waals surface area contributed by atoms with Gasteiger partial charge in [-0.3, -0.25) is 9.69 Å². The Balaban J connectivity index is 1.50. The Morgan fingerprint density at radius 3 is 2.81 bits per heavy atom. The van der Waals surface area contributed by atoms with E-state index in [1.165, 1.54) is 17.3 Å². The molecule has 2 aliphatic rings. The summed E-state index contributed by atoms with van der Waals surface area (Å²) in [6.45, 7) is 0.746. The SMILES string of the molecule is O=C1O[C@@H](CO)CN1c1ccc(N2C=NN(c3n[nH]c(=O)s3)CC2)c(F)c1. The summed E-state index contributed by atoms with van der Waals surface area (Å²) in [5.74, 6) is -0.517. The molecule has 1 saturated heterocycles. The van der Waals surface area contributed by atoms with E-state index in [0.717, 1.165) is 11.3 Å². The maximum absolute atomic E-state index is 14.6. The normalized spacial score (nSPS) is 19.7. The first-order chi connectivity index (χ1) is 13.0. The van der Waals surface area contributed by atoms with Crippen molar-refractivity contribution in [3.05, 3.63) is 33.7 Å². The summed E-state index contributed by atoms with van der Waals surface area (Å²) < 4.78 is 19.6. The van der Waals surface area contributed by atoms with Crippen LogP contribution in [-0.4, -0.2) is 60.1 Å². The number of hydrogen-bond acceptors (Lipinski definition) is 9. The van der Waals surface area contributed by atoms with E-state index in [9.17, 15) is 14.0 Å². The molecule has 0 aliphatic carbocycles. The van der Waals surface area contributed by atoms with Crippen molar-refractivity contribution in [3.8, 4) is 0 Å². The lowest BCUT2D eigenvalue weighted by atomic mass is 10.2. The second-order valence-corrected chi connectivity index (χ2v) is 6.82. The molecule has 1 amide bonds. The quantitative estimate of drug-likeness (QED) is 0.779. The van der Waals surface area contributed by atoms with E-state index >= 15 is 0 Å². The first kappa shape index (κ1) is 17.4. The molecule has 1 fully saturated rings. The number of carbonyl (C=O) groups is 1. The molecular formula is C15H15FN6O4S. The van der Waals surface area contributed by atoms with Crippen LogP contribution < -0.4 is 19.7 Å². The Hall–Kier alpha value is -2.99. The third-order valence-electron chi connectivity index (χ3n) is 4.16. The van der Waals surface area contributed by atoms with Gasteiger partial charge in [-0.05, 0) is 29.5 Å². The number of amides is 1. The van der Waals surface area contributed by atoms with Gasteiger partial charge in [-0.25, -0.2) is 19.3 Å². The van der Waals surface area contributed by atoms with Crippen molar-refractivity contribution < 1.29 is 19.0 Å². The molecule has 27 heavy (non-hydrogen) atoms. The molecule has 0 bridgehead atoms. The molecule has 0 radical (unpaired) electrons. The Morgan fingerprint density at radius 1 is 1.37 bits per heavy atom. The van der Waals surface area contributed by atoms with Crippen molar-refractivity contribution in [2.45, 2.75) is 6.10 Å². The predicted octanol–water partition coefficient (Wildman–Crippen LogP) is 0.558. The number of anilines is 3. The van der Waals surface area contributed by atoms with E-state index < -0.39 is 18.0 Å². The van der Waals surface area contributed by atoms with Gasteiger partial charge in [-0.1, -0.05) is 0 Å². The summed E-state index contributed by atoms with van der Waals surface area (Å²) in [4.78, 5) is 25.6. The Bertz CT molecular complexity index is 946. The number of hydrazone groups is 1. The van der Waals surface area contributed by atoms with Gasteiger partial charge in [0, 0.05) is 6.54 Å². The third-order valence-corrected chi connectivity index (χ3v) is 4.92. The molecule has 4 rings (SSSR count). The minimum absolute atomic E-state index is 0.167. The number of ether oxygens (including phenoxy) is 1. The van der Waals surface area contributed by atoms with Gasteiger partial charge in [0.05, 0.1) is 31.1 Å². The smallest absolute Gasteiger partial charge is 0.414 e. The zero-order valence-electron chi connectivity index (χ0n) is 13.9. The molecule has 1 atom stereocenters. The van der Waals surface area contributed by atoms with Gasteiger partial charge < -0.3 is 14.7 Å². The fraction of sp³-hybridized carbons (Fsp3) is 0.333. The minimum Gasteiger partial charge on any atom is -0.441 e. The molecule has 12 heteroatoms. The Kier molecular flexibility index (Phi) is 4.49. The number of halogens is 1. The van der Waals surface area contributed by atoms with Crippen LogP contribution in [0.3, 0.4) is 0 Å². The topological polar surface area (TPSA) is 114 Å². The molecule has 2 N–H and O–H groups in total. The number of aromatic nitrogens is 2. The van der Waals surface area contributed by atoms with Gasteiger partial charge in [0.1, 0.15) is 18.3 Å². The van der Waals surface area contributed by atoms with Crippen LogP contribution in [0.1, 0.15) is 0 Å². The number of aliphatic hydroxyl groups is 1. The van der Waals surface area contributed by atoms with Gasteiger partial charge in [-0.15, -0.1) is 5.10 Å². The van der Waals surface area contributed by atoms with Crippen molar-refractivity contribution in [2.24, 2.45) is 5.10 Å². The highest BCUT2D eigenvalue weighted by Gasteiger charge is 2.32. The van der Waals surface area contributed by atoms with Crippen molar-refractivity contribution >= 4 is 40.3 Å². The highest BCUT2D eigenvalue weighted by atomic mass is 32.1. The van der Waals surface area contributed by atoms with Gasteiger partial charge >= 0.3 is 11.0 Å². The van der Waals surface area contributed by atoms with E-state index in [1.54, 1.807) is 22.0 Å². The van der Waals surface area contributed by atoms with Crippen molar-refractivity contribution in [1.29, 1.82) is 0 Å². The van der Waals surface area contributed by atoms with Gasteiger partial charge in [0.25, 0.3) is 0 Å². The van der Waals surface area contributed by atoms with Crippen molar-refractivity contribution in [1.82, 2.24) is 10.2 Å². The average molecular weight is 394 g/mol. The second-order valence-electron chi connectivity index (χ2n) is 5.88. The fourth-order valence-corrected chi connectivity index (χ4v) is 3.42. The molecule has 1 aromatic heterocycles. The van der Waals surface area contributed by atoms with Crippen molar-refractivity contribution in [3.63, 3.8) is 0 Å². The number of nitrogens with one attached hydrogen (secondary N) is 1. The maximum atomic E-state index is 14.6. The first-order valence-corrected chi connectivity index (χ1v) is 8.89. The number of carbonyl (C=O) groups excluding carboxylic acids is 1. The molecule has 142 valence electrons. The summed E-state index contributed by atoms with van der Waals surface area (Å²) >= 11 is 0.943. The number of rotatable bonds is 4. The highest BCUT2D eigenvalue weighted by molar-refractivity contribution is 7.12. The molecule has 0 saturated carbocycles. The van der Waals surface area contributed by atoms with E-state index in [0.29, 0.717) is 29.6 Å². The number of H-pyrrole nitrogens is 1. The average Bonchev–Trinajstić information content (AvgIpc) is 3.27. The first-order valence-electron chi connectivity index (χ1n) is 8.07. The highest BCUT2D eigenvalue weighted by Crippen LogP contribution is 2.28. The molecule has 10 nitrogen and oxygen atoms in total. The molecule has 2 aromatic rings. The van der Waals surface area contributed by atoms with E-state index in [4.69, 9.17) is 9.84 Å². The standard InChI is InChI=1S/C15H15FN6O4S/c16-11-5-9(21-6-10(7-23)26-15(21)25)1-2-12(11)20-3-4-22(17-8-20)13-18-19-14(24)27-13/h1-2,5,8,10,23H,3-4,6-7H2,(H,19,24)/t10-/m1/s1. The maximum Gasteiger partial charge on any atom is 0.414 e. The molecule has 0 spiro atoms. The van der Waals surface area contributed by atoms with E-state index in [-0.39, 0.29) is 18.0 Å². The van der Waals surface area contributed by atoms with Crippen LogP contribution in [0.5, 0.6) is 0 Å². The second kappa shape index (κ2) is 6.96. The summed E-state index contributed by atoms with van der Waals surface area (Å²) in [7, 11) is 0. The Labute approximate surface area is 156 Å². The number of aliphatic hydroxyl groups excluding tert-OH is 1. The number of nitrogens with zero attached hydrogens (tertiary/aromatic N) is 5. The lowest BCUT2D eigenvalue weighted by Crippen LogP contribution is -2.38. The van der Waals surface area contributed by atoms with Crippen molar-refractivity contribution in [2.75, 3.05) is 41.0 Å². The summed E-state index contributed by atoms with van der Waals surface area (Å²) in [5.41, 5.74) is 0.665. The number of aromatic amines is 1. The van der Waals surface area contributed by atoms with Gasteiger partial charge in [0.15, 0.2) is 0 Å². The van der Waals surface area contributed by atoms with Crippen LogP contribution in [0.4, 0.5) is 25.7 Å². The van der Waals surface area contributed by atoms with Crippen LogP contribution in [0.2, 0.25) is 0 Å². The van der Waals surface area contributed by atoms with E-state index in [1.807, 2.05) is 0 Å². The summed E-state index contributed by atoms with van der Waals surface area (Å²) in [5, 5.41) is 21.5. The van der Waals surface area contributed by atoms with E-state index in [2.05, 4.69) is 15.3 Å². The molecule has 2 aliphatic heterocycles. The van der Waals surface area contributed by atoms with Crippen LogP contribution in [0.25, 0.3) is 0 Å². The molecule has 3 heterocycles. The molecule has 1 aromatic carbocycles. The molecule has 0 unspecified atom stereocenters. The zero-order chi connectivity index (χ0) is 19.0. The fourth-order valence-electron chi connectivity index (χ4n) is 2.83. The van der Waals surface area contributed by atoms with Crippen LogP contribution in [0.15, 0.2) is 28.1 Å². The number of benzene rings is 1. The van der Waals surface area contributed by atoms with Crippen LogP contribution in [0, 0.1) is 5.82 Å². The van der Waals surface area contributed by atoms with Crippen LogP contribution in [-0.2, 0) is 4.74 Å². The zero-order valence-corrected chi connectivity index (χ0v) is 14.7. The lowest BCUT2D eigenvalue weighted by molar-refractivity contribution is 0.0963. The minimum atomic E-state index is -0.616. The Morgan fingerprint density at radius 2 is 2.22 bits per heavy atom. The predicted molar refractivity (Wildman–Crippen MR) is 97.0 cm³/mol. The van der Waals surface area contributed by atoms with Gasteiger partial charge in [-0.2, -0.15) is 5.10 Å². The third kappa shape index (κ3) is 3.36. The number of hydrogen-bond donors (Lipinski definition) is 2. The van der Waals surface area contributed by atoms with Gasteiger partial charge in [0.2, 0.25) is 5.13 Å². The molecular weight excluding hydrogens is 379 g/mol. The van der Waals surface area contributed by atoms with Crippen LogP contribution >= 0.6 is 11.3 Å². The summed E-state index contributed by atoms with van der Waals surface area (Å²) in [6.07, 6.45) is 0.229. The largest absolute Gasteiger partial charge is 0.441 e. The summed E-state index contributed by atoms with van der Waals surface area (Å²) in [6, 6.07) is 4.41. The lowest BCUT2D eigenvalue weighted by Gasteiger charge is -2.28. The number of cyclic esters (lactones) is 1. The monoisotopic (exact) mass is 394 g/mol.